The molecular weight excluding hydrogens is 271 g/mol. The molecule has 1 heterocycles. The minimum absolute atomic E-state index is 0.0752. The van der Waals surface area contributed by atoms with E-state index in [9.17, 15) is 13.2 Å². The van der Waals surface area contributed by atoms with Crippen LogP contribution >= 0.6 is 0 Å². The van der Waals surface area contributed by atoms with E-state index >= 15 is 0 Å². The molecule has 0 amide bonds. The number of ether oxygens (including phenoxy) is 1. The molecule has 1 aliphatic rings. The third-order valence-corrected chi connectivity index (χ3v) is 2.98. The quantitative estimate of drug-likeness (QED) is 0.891. The van der Waals surface area contributed by atoms with Crippen LogP contribution in [0.4, 0.5) is 18.9 Å². The van der Waals surface area contributed by atoms with E-state index in [4.69, 9.17) is 10.00 Å². The molecular formula is C13H14F3N3O. The number of nitrogens with one attached hydrogen (secondary N) is 2. The van der Waals surface area contributed by atoms with Crippen molar-refractivity contribution in [2.24, 2.45) is 0 Å². The Morgan fingerprint density at radius 2 is 2.25 bits per heavy atom. The normalized spacial score (nSPS) is 19.4. The van der Waals surface area contributed by atoms with Gasteiger partial charge in [-0.15, -0.1) is 0 Å². The average molecular weight is 285 g/mol. The summed E-state index contributed by atoms with van der Waals surface area (Å²) in [6, 6.07) is 5.14. The van der Waals surface area contributed by atoms with Gasteiger partial charge < -0.3 is 15.4 Å². The predicted octanol–water partition coefficient (Wildman–Crippen LogP) is 1.98. The SMILES string of the molecule is N#Cc1ccc(NCC2CNCCO2)cc1C(F)(F)F. The third kappa shape index (κ3) is 3.62. The minimum atomic E-state index is -4.54. The van der Waals surface area contributed by atoms with Crippen molar-refractivity contribution >= 4 is 5.69 Å². The fourth-order valence-electron chi connectivity index (χ4n) is 1.97. The van der Waals surface area contributed by atoms with E-state index in [1.165, 1.54) is 12.1 Å². The average Bonchev–Trinajstić information content (AvgIpc) is 2.45. The van der Waals surface area contributed by atoms with Gasteiger partial charge in [-0.25, -0.2) is 0 Å². The summed E-state index contributed by atoms with van der Waals surface area (Å²) in [6.07, 6.45) is -4.61. The second kappa shape index (κ2) is 6.11. The molecule has 7 heteroatoms. The van der Waals surface area contributed by atoms with Crippen molar-refractivity contribution in [2.75, 3.05) is 31.6 Å². The Morgan fingerprint density at radius 3 is 2.85 bits per heavy atom. The van der Waals surface area contributed by atoms with E-state index in [0.717, 1.165) is 12.6 Å². The lowest BCUT2D eigenvalue weighted by atomic mass is 10.1. The number of halogens is 3. The molecule has 1 unspecified atom stereocenters. The van der Waals surface area contributed by atoms with Gasteiger partial charge in [0.25, 0.3) is 0 Å². The second-order valence-electron chi connectivity index (χ2n) is 4.45. The van der Waals surface area contributed by atoms with E-state index in [0.29, 0.717) is 25.4 Å². The van der Waals surface area contributed by atoms with Gasteiger partial charge in [0.2, 0.25) is 0 Å². The molecule has 0 saturated carbocycles. The number of anilines is 1. The van der Waals surface area contributed by atoms with Gasteiger partial charge in [-0.1, -0.05) is 0 Å². The maximum atomic E-state index is 12.8. The molecule has 2 rings (SSSR count). The number of morpholine rings is 1. The zero-order chi connectivity index (χ0) is 14.6. The Balaban J connectivity index is 2.07. The van der Waals surface area contributed by atoms with Crippen LogP contribution in [-0.4, -0.2) is 32.3 Å². The van der Waals surface area contributed by atoms with Gasteiger partial charge in [0.05, 0.1) is 29.9 Å². The van der Waals surface area contributed by atoms with Crippen LogP contribution < -0.4 is 10.6 Å². The number of benzene rings is 1. The van der Waals surface area contributed by atoms with Crippen molar-refractivity contribution in [1.82, 2.24) is 5.32 Å². The van der Waals surface area contributed by atoms with Crippen molar-refractivity contribution in [3.63, 3.8) is 0 Å². The first-order chi connectivity index (χ1) is 9.50. The third-order valence-electron chi connectivity index (χ3n) is 2.98. The van der Waals surface area contributed by atoms with E-state index in [1.807, 2.05) is 0 Å². The zero-order valence-electron chi connectivity index (χ0n) is 10.6. The smallest absolute Gasteiger partial charge is 0.382 e. The van der Waals surface area contributed by atoms with E-state index < -0.39 is 11.7 Å². The fourth-order valence-corrected chi connectivity index (χ4v) is 1.97. The summed E-state index contributed by atoms with van der Waals surface area (Å²) in [5.41, 5.74) is -0.975. The first-order valence-electron chi connectivity index (χ1n) is 6.18. The molecule has 1 atom stereocenters. The second-order valence-corrected chi connectivity index (χ2v) is 4.45. The summed E-state index contributed by atoms with van der Waals surface area (Å²) in [4.78, 5) is 0. The first-order valence-corrected chi connectivity index (χ1v) is 6.18. The van der Waals surface area contributed by atoms with Crippen LogP contribution in [0.2, 0.25) is 0 Å². The van der Waals surface area contributed by atoms with Crippen molar-refractivity contribution in [3.8, 4) is 6.07 Å². The highest BCUT2D eigenvalue weighted by Crippen LogP contribution is 2.33. The van der Waals surface area contributed by atoms with Gasteiger partial charge in [-0.2, -0.15) is 18.4 Å². The molecule has 0 radical (unpaired) electrons. The summed E-state index contributed by atoms with van der Waals surface area (Å²) in [5.74, 6) is 0. The maximum absolute atomic E-state index is 12.8. The van der Waals surface area contributed by atoms with Crippen LogP contribution in [-0.2, 0) is 10.9 Å². The van der Waals surface area contributed by atoms with Crippen LogP contribution in [0.25, 0.3) is 0 Å². The van der Waals surface area contributed by atoms with Gasteiger partial charge >= 0.3 is 6.18 Å². The summed E-state index contributed by atoms with van der Waals surface area (Å²) in [7, 11) is 0. The minimum Gasteiger partial charge on any atom is -0.382 e. The van der Waals surface area contributed by atoms with Crippen LogP contribution in [0.5, 0.6) is 0 Å². The lowest BCUT2D eigenvalue weighted by Crippen LogP contribution is -2.42. The monoisotopic (exact) mass is 285 g/mol. The highest BCUT2D eigenvalue weighted by atomic mass is 19.4. The van der Waals surface area contributed by atoms with Crippen LogP contribution in [0, 0.1) is 11.3 Å². The van der Waals surface area contributed by atoms with Gasteiger partial charge in [-0.05, 0) is 18.2 Å². The Hall–Kier alpha value is -1.78. The van der Waals surface area contributed by atoms with Gasteiger partial charge in [-0.3, -0.25) is 0 Å². The summed E-state index contributed by atoms with van der Waals surface area (Å²) in [5, 5.41) is 14.7. The predicted molar refractivity (Wildman–Crippen MR) is 67.3 cm³/mol. The molecule has 1 aromatic carbocycles. The summed E-state index contributed by atoms with van der Waals surface area (Å²) >= 11 is 0. The standard InChI is InChI=1S/C13H14F3N3O/c14-13(15,16)12-5-10(2-1-9(12)6-17)19-8-11-7-18-3-4-20-11/h1-2,5,11,18-19H,3-4,7-8H2. The number of alkyl halides is 3. The van der Waals surface area contributed by atoms with E-state index in [-0.39, 0.29) is 11.7 Å². The molecule has 0 aliphatic carbocycles. The molecule has 1 fully saturated rings. The van der Waals surface area contributed by atoms with Crippen molar-refractivity contribution in [3.05, 3.63) is 29.3 Å². The van der Waals surface area contributed by atoms with Gasteiger partial charge in [0.1, 0.15) is 0 Å². The molecule has 1 saturated heterocycles. The Morgan fingerprint density at radius 1 is 1.45 bits per heavy atom. The molecule has 1 aromatic rings. The molecule has 4 nitrogen and oxygen atoms in total. The molecule has 0 bridgehead atoms. The number of hydrogen-bond acceptors (Lipinski definition) is 4. The number of hydrogen-bond donors (Lipinski definition) is 2. The highest BCUT2D eigenvalue weighted by molar-refractivity contribution is 5.53. The molecule has 1 aliphatic heterocycles. The van der Waals surface area contributed by atoms with Crippen molar-refractivity contribution < 1.29 is 17.9 Å². The lowest BCUT2D eigenvalue weighted by molar-refractivity contribution is -0.137. The fraction of sp³-hybridized carbons (Fsp3) is 0.462. The topological polar surface area (TPSA) is 57.1 Å². The Kier molecular flexibility index (Phi) is 4.47. The molecule has 0 aromatic heterocycles. The van der Waals surface area contributed by atoms with Crippen LogP contribution in [0.1, 0.15) is 11.1 Å². The number of nitriles is 1. The summed E-state index contributed by atoms with van der Waals surface area (Å²) < 4.78 is 43.8. The largest absolute Gasteiger partial charge is 0.417 e. The van der Waals surface area contributed by atoms with E-state index in [2.05, 4.69) is 10.6 Å². The van der Waals surface area contributed by atoms with Gasteiger partial charge in [0, 0.05) is 25.3 Å². The van der Waals surface area contributed by atoms with Crippen LogP contribution in [0.3, 0.4) is 0 Å². The number of rotatable bonds is 3. The Bertz CT molecular complexity index is 505. The number of nitrogens with zero attached hydrogens (tertiary/aromatic N) is 1. The van der Waals surface area contributed by atoms with Gasteiger partial charge in [0.15, 0.2) is 0 Å². The van der Waals surface area contributed by atoms with Crippen molar-refractivity contribution in [1.29, 1.82) is 5.26 Å². The molecule has 0 spiro atoms. The maximum Gasteiger partial charge on any atom is 0.417 e. The van der Waals surface area contributed by atoms with Crippen LogP contribution in [0.15, 0.2) is 18.2 Å². The molecule has 2 N–H and O–H groups in total. The zero-order valence-corrected chi connectivity index (χ0v) is 10.6. The lowest BCUT2D eigenvalue weighted by Gasteiger charge is -2.24. The summed E-state index contributed by atoms with van der Waals surface area (Å²) in [6.45, 7) is 2.45. The van der Waals surface area contributed by atoms with E-state index in [1.54, 1.807) is 6.07 Å². The molecule has 20 heavy (non-hydrogen) atoms. The van der Waals surface area contributed by atoms with Crippen molar-refractivity contribution in [2.45, 2.75) is 12.3 Å². The molecule has 108 valence electrons. The highest BCUT2D eigenvalue weighted by Gasteiger charge is 2.33. The first kappa shape index (κ1) is 14.6. The Labute approximate surface area is 114 Å².